The highest BCUT2D eigenvalue weighted by Crippen LogP contribution is 2.27. The molecule has 1 heterocycles. The molecule has 0 aliphatic carbocycles. The molecule has 3 N–H and O–H groups in total. The zero-order valence-corrected chi connectivity index (χ0v) is 21.6. The van der Waals surface area contributed by atoms with Crippen LogP contribution in [-0.4, -0.2) is 45.6 Å². The van der Waals surface area contributed by atoms with Crippen LogP contribution < -0.4 is 20.1 Å². The van der Waals surface area contributed by atoms with Gasteiger partial charge in [0.15, 0.2) is 6.61 Å². The minimum Gasteiger partial charge on any atom is -0.482 e. The molecule has 11 heteroatoms. The monoisotopic (exact) mass is 538 g/mol. The standard InChI is InChI=1S/C24H28Cl2N4O4S/c1-2-3-12-30-35(32,33)18-6-8-23(20(26)15-18)34-16-24(31)29-11-4-10-27-21-9-13-28-22-14-17(25)5-7-19(21)22/h5-9,13-15,30H,2-4,10-12,16H2,1H3,(H,27,28)(H,29,31). The highest BCUT2D eigenvalue weighted by molar-refractivity contribution is 7.89. The fourth-order valence-corrected chi connectivity index (χ4v) is 4.81. The number of amides is 1. The first-order valence-corrected chi connectivity index (χ1v) is 13.5. The van der Waals surface area contributed by atoms with E-state index in [1.165, 1.54) is 18.2 Å². The van der Waals surface area contributed by atoms with E-state index in [0.717, 1.165) is 29.4 Å². The number of carbonyl (C=O) groups is 1. The molecule has 8 nitrogen and oxygen atoms in total. The van der Waals surface area contributed by atoms with Gasteiger partial charge in [-0.05, 0) is 55.3 Å². The zero-order chi connectivity index (χ0) is 25.3. The van der Waals surface area contributed by atoms with Crippen LogP contribution in [0.1, 0.15) is 26.2 Å². The van der Waals surface area contributed by atoms with Crippen molar-refractivity contribution in [2.45, 2.75) is 31.1 Å². The molecular weight excluding hydrogens is 511 g/mol. The predicted molar refractivity (Wildman–Crippen MR) is 140 cm³/mol. The Bertz CT molecular complexity index is 1270. The van der Waals surface area contributed by atoms with Crippen LogP contribution in [0.5, 0.6) is 5.75 Å². The maximum absolute atomic E-state index is 12.3. The Morgan fingerprint density at radius 2 is 1.86 bits per heavy atom. The summed E-state index contributed by atoms with van der Waals surface area (Å²) in [5.41, 5.74) is 1.76. The van der Waals surface area contributed by atoms with E-state index in [4.69, 9.17) is 27.9 Å². The number of benzene rings is 2. The Morgan fingerprint density at radius 3 is 2.63 bits per heavy atom. The molecule has 1 amide bonds. The van der Waals surface area contributed by atoms with Crippen LogP contribution in [0.2, 0.25) is 10.0 Å². The third-order valence-electron chi connectivity index (χ3n) is 5.09. The van der Waals surface area contributed by atoms with Crippen molar-refractivity contribution >= 4 is 55.7 Å². The maximum Gasteiger partial charge on any atom is 0.257 e. The van der Waals surface area contributed by atoms with Gasteiger partial charge in [0.1, 0.15) is 5.75 Å². The van der Waals surface area contributed by atoms with E-state index in [1.54, 1.807) is 6.20 Å². The Morgan fingerprint density at radius 1 is 1.03 bits per heavy atom. The summed E-state index contributed by atoms with van der Waals surface area (Å²) in [5.74, 6) is -0.0661. The second-order valence-electron chi connectivity index (χ2n) is 7.78. The average molecular weight is 539 g/mol. The van der Waals surface area contributed by atoms with Crippen LogP contribution in [0.25, 0.3) is 10.9 Å². The quantitative estimate of drug-likeness (QED) is 0.274. The summed E-state index contributed by atoms with van der Waals surface area (Å²) in [6.07, 6.45) is 4.04. The molecule has 0 spiro atoms. The maximum atomic E-state index is 12.3. The van der Waals surface area contributed by atoms with Gasteiger partial charge < -0.3 is 15.4 Å². The van der Waals surface area contributed by atoms with Crippen LogP contribution in [-0.2, 0) is 14.8 Å². The van der Waals surface area contributed by atoms with Crippen molar-refractivity contribution in [2.75, 3.05) is 31.6 Å². The number of nitrogens with one attached hydrogen (secondary N) is 3. The van der Waals surface area contributed by atoms with Gasteiger partial charge in [-0.15, -0.1) is 0 Å². The molecule has 3 aromatic rings. The molecule has 0 aliphatic heterocycles. The van der Waals surface area contributed by atoms with E-state index >= 15 is 0 Å². The lowest BCUT2D eigenvalue weighted by molar-refractivity contribution is -0.123. The lowest BCUT2D eigenvalue weighted by atomic mass is 10.2. The summed E-state index contributed by atoms with van der Waals surface area (Å²) in [4.78, 5) is 16.5. The van der Waals surface area contributed by atoms with E-state index < -0.39 is 10.0 Å². The van der Waals surface area contributed by atoms with Gasteiger partial charge in [0.05, 0.1) is 15.4 Å². The summed E-state index contributed by atoms with van der Waals surface area (Å²) in [5, 5.41) is 7.85. The largest absolute Gasteiger partial charge is 0.482 e. The van der Waals surface area contributed by atoms with Crippen LogP contribution in [0.15, 0.2) is 53.6 Å². The molecular formula is C24H28Cl2N4O4S. The van der Waals surface area contributed by atoms with Crippen molar-refractivity contribution in [1.29, 1.82) is 0 Å². The molecule has 0 radical (unpaired) electrons. The zero-order valence-electron chi connectivity index (χ0n) is 19.3. The topological polar surface area (TPSA) is 109 Å². The van der Waals surface area contributed by atoms with Gasteiger partial charge in [-0.2, -0.15) is 0 Å². The average Bonchev–Trinajstić information content (AvgIpc) is 2.83. The van der Waals surface area contributed by atoms with Gasteiger partial charge in [0.2, 0.25) is 10.0 Å². The Labute approximate surface area is 215 Å². The number of unbranched alkanes of at least 4 members (excludes halogenated alkanes) is 1. The molecule has 0 atom stereocenters. The lowest BCUT2D eigenvalue weighted by Gasteiger charge is -2.12. The van der Waals surface area contributed by atoms with Crippen molar-refractivity contribution in [3.63, 3.8) is 0 Å². The fourth-order valence-electron chi connectivity index (χ4n) is 3.24. The molecule has 0 saturated carbocycles. The summed E-state index contributed by atoms with van der Waals surface area (Å²) in [7, 11) is -3.64. The summed E-state index contributed by atoms with van der Waals surface area (Å²) < 4.78 is 32.6. The molecule has 0 aliphatic rings. The number of sulfonamides is 1. The molecule has 35 heavy (non-hydrogen) atoms. The Kier molecular flexibility index (Phi) is 9.97. The third kappa shape index (κ3) is 7.96. The normalized spacial score (nSPS) is 11.4. The van der Waals surface area contributed by atoms with Crippen molar-refractivity contribution in [3.05, 3.63) is 58.7 Å². The molecule has 0 saturated heterocycles. The van der Waals surface area contributed by atoms with Crippen molar-refractivity contribution < 1.29 is 17.9 Å². The predicted octanol–water partition coefficient (Wildman–Crippen LogP) is 4.62. The van der Waals surface area contributed by atoms with Gasteiger partial charge in [0.25, 0.3) is 5.91 Å². The van der Waals surface area contributed by atoms with Gasteiger partial charge in [-0.1, -0.05) is 36.5 Å². The number of hydrogen-bond acceptors (Lipinski definition) is 6. The molecule has 0 unspecified atom stereocenters. The van der Waals surface area contributed by atoms with Gasteiger partial charge in [-0.25, -0.2) is 13.1 Å². The minimum atomic E-state index is -3.64. The second-order valence-corrected chi connectivity index (χ2v) is 10.4. The van der Waals surface area contributed by atoms with Gasteiger partial charge in [0, 0.05) is 41.9 Å². The number of pyridine rings is 1. The Hall–Kier alpha value is -2.59. The number of halogens is 2. The fraction of sp³-hybridized carbons (Fsp3) is 0.333. The number of fused-ring (bicyclic) bond motifs is 1. The summed E-state index contributed by atoms with van der Waals surface area (Å²) >= 11 is 12.2. The number of ether oxygens (including phenoxy) is 1. The van der Waals surface area contributed by atoms with Crippen molar-refractivity contribution in [2.24, 2.45) is 0 Å². The lowest BCUT2D eigenvalue weighted by Crippen LogP contribution is -2.30. The van der Waals surface area contributed by atoms with Crippen LogP contribution in [0.3, 0.4) is 0 Å². The smallest absolute Gasteiger partial charge is 0.257 e. The first-order valence-electron chi connectivity index (χ1n) is 11.3. The number of anilines is 1. The first-order chi connectivity index (χ1) is 16.8. The van der Waals surface area contributed by atoms with E-state index in [-0.39, 0.29) is 28.2 Å². The van der Waals surface area contributed by atoms with E-state index in [2.05, 4.69) is 20.3 Å². The van der Waals surface area contributed by atoms with E-state index in [0.29, 0.717) is 31.1 Å². The molecule has 0 fully saturated rings. The molecule has 188 valence electrons. The minimum absolute atomic E-state index is 0.0491. The van der Waals surface area contributed by atoms with Gasteiger partial charge in [-0.3, -0.25) is 9.78 Å². The summed E-state index contributed by atoms with van der Waals surface area (Å²) in [6.45, 7) is 3.21. The van der Waals surface area contributed by atoms with Gasteiger partial charge >= 0.3 is 0 Å². The van der Waals surface area contributed by atoms with Crippen molar-refractivity contribution in [1.82, 2.24) is 15.0 Å². The van der Waals surface area contributed by atoms with E-state index in [9.17, 15) is 13.2 Å². The SMILES string of the molecule is CCCCNS(=O)(=O)c1ccc(OCC(=O)NCCCNc2ccnc3cc(Cl)ccc23)c(Cl)c1. The number of carbonyl (C=O) groups excluding carboxylic acids is 1. The van der Waals surface area contributed by atoms with Crippen LogP contribution in [0, 0.1) is 0 Å². The second kappa shape index (κ2) is 12.9. The van der Waals surface area contributed by atoms with Crippen molar-refractivity contribution in [3.8, 4) is 5.75 Å². The van der Waals surface area contributed by atoms with Crippen LogP contribution >= 0.6 is 23.2 Å². The molecule has 1 aromatic heterocycles. The molecule has 3 rings (SSSR count). The highest BCUT2D eigenvalue weighted by Gasteiger charge is 2.16. The number of nitrogens with zero attached hydrogens (tertiary/aromatic N) is 1. The molecule has 2 aromatic carbocycles. The number of aromatic nitrogens is 1. The third-order valence-corrected chi connectivity index (χ3v) is 7.08. The highest BCUT2D eigenvalue weighted by atomic mass is 35.5. The molecule has 0 bridgehead atoms. The summed E-state index contributed by atoms with van der Waals surface area (Å²) in [6, 6.07) is 11.6. The van der Waals surface area contributed by atoms with Crippen LogP contribution in [0.4, 0.5) is 5.69 Å². The Balaban J connectivity index is 1.41. The first kappa shape index (κ1) is 27.0. The number of hydrogen-bond donors (Lipinski definition) is 3. The number of rotatable bonds is 13. The van der Waals surface area contributed by atoms with E-state index in [1.807, 2.05) is 31.2 Å².